The first-order chi connectivity index (χ1) is 18.3. The number of aliphatic hydroxyl groups excluding tert-OH is 2. The lowest BCUT2D eigenvalue weighted by Gasteiger charge is -2.36. The predicted molar refractivity (Wildman–Crippen MR) is 149 cm³/mol. The number of halogens is 1. The molecule has 2 aromatic carbocycles. The molecular formula is C30H41ClN2O5. The van der Waals surface area contributed by atoms with Gasteiger partial charge in [-0.15, -0.1) is 0 Å². The number of hydrogen-bond donors (Lipinski definition) is 3. The Hall–Kier alpha value is -2.00. The summed E-state index contributed by atoms with van der Waals surface area (Å²) in [6, 6.07) is 14.0. The Morgan fingerprint density at radius 3 is 2.74 bits per heavy atom. The van der Waals surface area contributed by atoms with Crippen molar-refractivity contribution in [2.45, 2.75) is 75.9 Å². The monoisotopic (exact) mass is 544 g/mol. The minimum atomic E-state index is -0.695. The zero-order valence-electron chi connectivity index (χ0n) is 22.4. The quantitative estimate of drug-likeness (QED) is 0.416. The van der Waals surface area contributed by atoms with Crippen LogP contribution in [0.4, 0.5) is 0 Å². The normalized spacial score (nSPS) is 25.4. The molecule has 0 bridgehead atoms. The topological polar surface area (TPSA) is 105 Å². The van der Waals surface area contributed by atoms with Gasteiger partial charge in [0.05, 0.1) is 24.9 Å². The van der Waals surface area contributed by atoms with Gasteiger partial charge < -0.3 is 30.3 Å². The highest BCUT2D eigenvalue weighted by Crippen LogP contribution is 2.38. The van der Waals surface area contributed by atoms with Gasteiger partial charge in [0.1, 0.15) is 6.10 Å². The molecule has 4 N–H and O–H groups in total. The van der Waals surface area contributed by atoms with E-state index in [1.807, 2.05) is 12.1 Å². The molecule has 8 heteroatoms. The van der Waals surface area contributed by atoms with Gasteiger partial charge in [-0.2, -0.15) is 0 Å². The second kappa shape index (κ2) is 13.4. The van der Waals surface area contributed by atoms with E-state index in [2.05, 4.69) is 37.3 Å². The molecule has 6 atom stereocenters. The molecule has 1 saturated heterocycles. The molecule has 2 fully saturated rings. The van der Waals surface area contributed by atoms with Gasteiger partial charge in [0, 0.05) is 42.7 Å². The molecule has 1 aliphatic heterocycles. The molecular weight excluding hydrogens is 504 g/mol. The maximum Gasteiger partial charge on any atom is 0.226 e. The summed E-state index contributed by atoms with van der Waals surface area (Å²) in [5.41, 5.74) is 10.2. The third-order valence-electron chi connectivity index (χ3n) is 8.03. The van der Waals surface area contributed by atoms with Crippen molar-refractivity contribution in [1.82, 2.24) is 4.90 Å². The number of amides is 1. The van der Waals surface area contributed by atoms with E-state index in [9.17, 15) is 15.0 Å². The van der Waals surface area contributed by atoms with E-state index in [0.717, 1.165) is 29.5 Å². The first kappa shape index (κ1) is 29.0. The van der Waals surface area contributed by atoms with E-state index in [4.69, 9.17) is 26.8 Å². The van der Waals surface area contributed by atoms with Crippen molar-refractivity contribution >= 4 is 17.5 Å². The molecule has 6 unspecified atom stereocenters. The number of aryl methyl sites for hydroxylation is 1. The SMILES string of the molecule is CCc1cccc(-c2c(Cl)cccc2C(CCCC(O)C2CN(C(=O)C3CC(N)C(O)C3)CCO2)OC)c1. The number of nitrogens with zero attached hydrogens (tertiary/aromatic N) is 1. The number of methoxy groups -OCH3 is 1. The fourth-order valence-corrected chi connectivity index (χ4v) is 6.07. The van der Waals surface area contributed by atoms with Gasteiger partial charge in [-0.05, 0) is 61.3 Å². The zero-order chi connectivity index (χ0) is 27.2. The molecule has 1 amide bonds. The maximum atomic E-state index is 13.0. The number of rotatable bonds is 10. The molecule has 0 aromatic heterocycles. The van der Waals surface area contributed by atoms with E-state index < -0.39 is 18.3 Å². The second-order valence-electron chi connectivity index (χ2n) is 10.6. The predicted octanol–water partition coefficient (Wildman–Crippen LogP) is 4.11. The van der Waals surface area contributed by atoms with E-state index in [0.29, 0.717) is 50.4 Å². The van der Waals surface area contributed by atoms with Gasteiger partial charge in [0.15, 0.2) is 0 Å². The van der Waals surface area contributed by atoms with Crippen LogP contribution in [-0.4, -0.2) is 72.2 Å². The third kappa shape index (κ3) is 6.76. The molecule has 0 spiro atoms. The van der Waals surface area contributed by atoms with Gasteiger partial charge in [-0.3, -0.25) is 4.79 Å². The fraction of sp³-hybridized carbons (Fsp3) is 0.567. The molecule has 4 rings (SSSR count). The summed E-state index contributed by atoms with van der Waals surface area (Å²) in [5.74, 6) is -0.263. The first-order valence-electron chi connectivity index (χ1n) is 13.7. The minimum absolute atomic E-state index is 0.00225. The van der Waals surface area contributed by atoms with E-state index in [1.54, 1.807) is 12.0 Å². The highest BCUT2D eigenvalue weighted by Gasteiger charge is 2.39. The molecule has 7 nitrogen and oxygen atoms in total. The Balaban J connectivity index is 1.36. The Bertz CT molecular complexity index is 1070. The molecule has 38 heavy (non-hydrogen) atoms. The van der Waals surface area contributed by atoms with Crippen molar-refractivity contribution in [2.24, 2.45) is 11.7 Å². The van der Waals surface area contributed by atoms with Crippen LogP contribution in [-0.2, 0) is 20.7 Å². The van der Waals surface area contributed by atoms with Gasteiger partial charge in [-0.1, -0.05) is 54.9 Å². The number of carbonyl (C=O) groups excluding carboxylic acids is 1. The standard InChI is InChI=1S/C30H41ClN2O5/c1-3-19-7-4-8-20(15-19)29-22(9-5-10-23(29)31)27(37-2)12-6-11-25(34)28-18-33(13-14-38-28)30(36)21-16-24(32)26(35)17-21/h4-5,7-10,15,21,24-28,34-35H,3,6,11-14,16-18,32H2,1-2H3. The first-order valence-corrected chi connectivity index (χ1v) is 14.1. The van der Waals surface area contributed by atoms with Gasteiger partial charge in [-0.25, -0.2) is 0 Å². The fourth-order valence-electron chi connectivity index (χ4n) is 5.78. The summed E-state index contributed by atoms with van der Waals surface area (Å²) in [4.78, 5) is 14.7. The van der Waals surface area contributed by atoms with Crippen molar-refractivity contribution in [1.29, 1.82) is 0 Å². The summed E-state index contributed by atoms with van der Waals surface area (Å²) >= 11 is 6.68. The smallest absolute Gasteiger partial charge is 0.226 e. The van der Waals surface area contributed by atoms with Crippen molar-refractivity contribution in [3.05, 3.63) is 58.6 Å². The van der Waals surface area contributed by atoms with Gasteiger partial charge in [0.2, 0.25) is 5.91 Å². The Labute approximate surface area is 230 Å². The summed E-state index contributed by atoms with van der Waals surface area (Å²) in [5, 5.41) is 21.6. The second-order valence-corrected chi connectivity index (χ2v) is 11.0. The highest BCUT2D eigenvalue weighted by molar-refractivity contribution is 6.33. The maximum absolute atomic E-state index is 13.0. The van der Waals surface area contributed by atoms with Crippen molar-refractivity contribution in [3.8, 4) is 11.1 Å². The van der Waals surface area contributed by atoms with Gasteiger partial charge in [0.25, 0.3) is 0 Å². The molecule has 1 aliphatic carbocycles. The Morgan fingerprint density at radius 1 is 1.24 bits per heavy atom. The summed E-state index contributed by atoms with van der Waals surface area (Å²) in [6.45, 7) is 3.36. The molecule has 1 saturated carbocycles. The molecule has 0 radical (unpaired) electrons. The minimum Gasteiger partial charge on any atom is -0.391 e. The van der Waals surface area contributed by atoms with Crippen LogP contribution in [0, 0.1) is 5.92 Å². The number of morpholine rings is 1. The molecule has 1 heterocycles. The van der Waals surface area contributed by atoms with E-state index in [1.165, 1.54) is 5.56 Å². The lowest BCUT2D eigenvalue weighted by Crippen LogP contribution is -2.51. The lowest BCUT2D eigenvalue weighted by atomic mass is 9.92. The van der Waals surface area contributed by atoms with Crippen LogP contribution in [0.15, 0.2) is 42.5 Å². The number of ether oxygens (including phenoxy) is 2. The molecule has 208 valence electrons. The van der Waals surface area contributed by atoms with E-state index in [-0.39, 0.29) is 24.0 Å². The van der Waals surface area contributed by atoms with Crippen LogP contribution in [0.3, 0.4) is 0 Å². The Kier molecular flexibility index (Phi) is 10.2. The van der Waals surface area contributed by atoms with Crippen LogP contribution in [0.25, 0.3) is 11.1 Å². The van der Waals surface area contributed by atoms with Crippen molar-refractivity contribution in [2.75, 3.05) is 26.8 Å². The lowest BCUT2D eigenvalue weighted by molar-refractivity contribution is -0.148. The number of aliphatic hydroxyl groups is 2. The largest absolute Gasteiger partial charge is 0.391 e. The number of nitrogens with two attached hydrogens (primary N) is 1. The number of carbonyl (C=O) groups is 1. The third-order valence-corrected chi connectivity index (χ3v) is 8.34. The van der Waals surface area contributed by atoms with Crippen LogP contribution in [0.1, 0.15) is 56.3 Å². The summed E-state index contributed by atoms with van der Waals surface area (Å²) in [7, 11) is 1.70. The van der Waals surface area contributed by atoms with E-state index >= 15 is 0 Å². The number of benzene rings is 2. The van der Waals surface area contributed by atoms with Crippen LogP contribution >= 0.6 is 11.6 Å². The average Bonchev–Trinajstić information content (AvgIpc) is 3.28. The summed E-state index contributed by atoms with van der Waals surface area (Å²) < 4.78 is 11.7. The van der Waals surface area contributed by atoms with Crippen LogP contribution in [0.2, 0.25) is 5.02 Å². The summed E-state index contributed by atoms with van der Waals surface area (Å²) in [6.07, 6.45) is 1.86. The Morgan fingerprint density at radius 2 is 2.03 bits per heavy atom. The van der Waals surface area contributed by atoms with Crippen molar-refractivity contribution in [3.63, 3.8) is 0 Å². The van der Waals surface area contributed by atoms with Crippen LogP contribution < -0.4 is 5.73 Å². The number of hydrogen-bond acceptors (Lipinski definition) is 6. The average molecular weight is 545 g/mol. The zero-order valence-corrected chi connectivity index (χ0v) is 23.1. The van der Waals surface area contributed by atoms with Crippen molar-refractivity contribution < 1.29 is 24.5 Å². The molecule has 2 aromatic rings. The highest BCUT2D eigenvalue weighted by atomic mass is 35.5. The van der Waals surface area contributed by atoms with Crippen LogP contribution in [0.5, 0.6) is 0 Å². The molecule has 2 aliphatic rings. The van der Waals surface area contributed by atoms with Gasteiger partial charge >= 0.3 is 0 Å².